The molecule has 6 heteroatoms. The Balaban J connectivity index is 0.00000256. The van der Waals surface area contributed by atoms with Gasteiger partial charge in [0.2, 0.25) is 5.91 Å². The van der Waals surface area contributed by atoms with Gasteiger partial charge in [-0.3, -0.25) is 4.79 Å². The number of alkyl halides is 2. The maximum Gasteiger partial charge on any atom is 0.251 e. The third kappa shape index (κ3) is 4.39. The molecule has 2 N–H and O–H groups in total. The Morgan fingerprint density at radius 1 is 1.41 bits per heavy atom. The lowest BCUT2D eigenvalue weighted by Crippen LogP contribution is -2.51. The normalized spacial score (nSPS) is 22.5. The minimum atomic E-state index is -2.61. The number of amides is 1. The summed E-state index contributed by atoms with van der Waals surface area (Å²) in [7, 11) is 0. The van der Waals surface area contributed by atoms with E-state index in [1.165, 1.54) is 4.90 Å². The van der Waals surface area contributed by atoms with Gasteiger partial charge < -0.3 is 10.6 Å². The number of nitrogens with two attached hydrogens (primary N) is 1. The quantitative estimate of drug-likeness (QED) is 0.853. The molecule has 0 aliphatic carbocycles. The van der Waals surface area contributed by atoms with Gasteiger partial charge in [-0.15, -0.1) is 12.4 Å². The third-order valence-corrected chi connectivity index (χ3v) is 3.35. The Morgan fingerprint density at radius 2 is 1.88 bits per heavy atom. The molecular formula is C11H21ClF2N2O. The number of rotatable bonds is 3. The van der Waals surface area contributed by atoms with Crippen molar-refractivity contribution >= 4 is 18.3 Å². The third-order valence-electron chi connectivity index (χ3n) is 3.35. The number of hydrogen-bond donors (Lipinski definition) is 1. The SMILES string of the molecule is CCC(C)[C@H](N)C(=O)N1CCC(F)(F)CC1.Cl. The van der Waals surface area contributed by atoms with Crippen LogP contribution in [0.2, 0.25) is 0 Å². The second kappa shape index (κ2) is 6.50. The molecule has 0 spiro atoms. The predicted molar refractivity (Wildman–Crippen MR) is 65.4 cm³/mol. The molecule has 0 bridgehead atoms. The van der Waals surface area contributed by atoms with Crippen LogP contribution in [0.15, 0.2) is 0 Å². The number of carbonyl (C=O) groups excluding carboxylic acids is 1. The van der Waals surface area contributed by atoms with E-state index in [2.05, 4.69) is 0 Å². The van der Waals surface area contributed by atoms with Crippen molar-refractivity contribution in [3.63, 3.8) is 0 Å². The molecule has 1 unspecified atom stereocenters. The minimum absolute atomic E-state index is 0. The smallest absolute Gasteiger partial charge is 0.251 e. The first-order chi connectivity index (χ1) is 7.37. The van der Waals surface area contributed by atoms with Gasteiger partial charge in [-0.25, -0.2) is 8.78 Å². The van der Waals surface area contributed by atoms with Crippen LogP contribution in [-0.4, -0.2) is 35.9 Å². The molecule has 2 atom stereocenters. The van der Waals surface area contributed by atoms with E-state index in [1.807, 2.05) is 13.8 Å². The van der Waals surface area contributed by atoms with Crippen molar-refractivity contribution in [3.05, 3.63) is 0 Å². The van der Waals surface area contributed by atoms with Crippen molar-refractivity contribution in [1.82, 2.24) is 4.90 Å². The second-order valence-corrected chi connectivity index (χ2v) is 4.59. The topological polar surface area (TPSA) is 46.3 Å². The molecule has 3 nitrogen and oxygen atoms in total. The fourth-order valence-corrected chi connectivity index (χ4v) is 1.76. The highest BCUT2D eigenvalue weighted by Gasteiger charge is 2.37. The molecule has 0 radical (unpaired) electrons. The lowest BCUT2D eigenvalue weighted by molar-refractivity contribution is -0.139. The van der Waals surface area contributed by atoms with Crippen LogP contribution in [-0.2, 0) is 4.79 Å². The Kier molecular flexibility index (Phi) is 6.34. The second-order valence-electron chi connectivity index (χ2n) is 4.59. The molecule has 0 aromatic heterocycles. The summed E-state index contributed by atoms with van der Waals surface area (Å²) in [6.07, 6.45) is 0.328. The van der Waals surface area contributed by atoms with Gasteiger partial charge in [-0.2, -0.15) is 0 Å². The predicted octanol–water partition coefficient (Wildman–Crippen LogP) is 2.04. The molecule has 1 rings (SSSR count). The number of piperidine rings is 1. The lowest BCUT2D eigenvalue weighted by Gasteiger charge is -2.34. The summed E-state index contributed by atoms with van der Waals surface area (Å²) in [5, 5.41) is 0. The van der Waals surface area contributed by atoms with Gasteiger partial charge >= 0.3 is 0 Å². The first-order valence-corrected chi connectivity index (χ1v) is 5.79. The van der Waals surface area contributed by atoms with Crippen molar-refractivity contribution in [2.45, 2.75) is 45.1 Å². The van der Waals surface area contributed by atoms with E-state index in [9.17, 15) is 13.6 Å². The Hall–Kier alpha value is -0.420. The van der Waals surface area contributed by atoms with Crippen LogP contribution in [0.1, 0.15) is 33.1 Å². The summed E-state index contributed by atoms with van der Waals surface area (Å²) in [6, 6.07) is -0.559. The zero-order chi connectivity index (χ0) is 12.3. The number of halogens is 3. The first kappa shape index (κ1) is 16.6. The van der Waals surface area contributed by atoms with E-state index in [4.69, 9.17) is 5.73 Å². The minimum Gasteiger partial charge on any atom is -0.341 e. The standard InChI is InChI=1S/C11H20F2N2O.ClH/c1-3-8(2)9(14)10(16)15-6-4-11(12,13)5-7-15;/h8-9H,3-7,14H2,1-2H3;1H/t8?,9-;/m0./s1. The molecule has 1 saturated heterocycles. The number of carbonyl (C=O) groups is 1. The maximum absolute atomic E-state index is 12.9. The molecule has 0 saturated carbocycles. The molecule has 1 heterocycles. The van der Waals surface area contributed by atoms with Crippen molar-refractivity contribution in [3.8, 4) is 0 Å². The van der Waals surface area contributed by atoms with Crippen LogP contribution in [0.25, 0.3) is 0 Å². The summed E-state index contributed by atoms with van der Waals surface area (Å²) in [5.41, 5.74) is 5.79. The largest absolute Gasteiger partial charge is 0.341 e. The lowest BCUT2D eigenvalue weighted by atomic mass is 9.97. The highest BCUT2D eigenvalue weighted by molar-refractivity contribution is 5.85. The van der Waals surface area contributed by atoms with E-state index in [-0.39, 0.29) is 50.2 Å². The fraction of sp³-hybridized carbons (Fsp3) is 0.909. The van der Waals surface area contributed by atoms with Crippen molar-refractivity contribution in [2.75, 3.05) is 13.1 Å². The Morgan fingerprint density at radius 3 is 2.29 bits per heavy atom. The van der Waals surface area contributed by atoms with Crippen LogP contribution < -0.4 is 5.73 Å². The van der Waals surface area contributed by atoms with Gasteiger partial charge in [-0.1, -0.05) is 20.3 Å². The fourth-order valence-electron chi connectivity index (χ4n) is 1.76. The molecule has 1 aliphatic rings. The zero-order valence-corrected chi connectivity index (χ0v) is 11.1. The molecule has 1 aliphatic heterocycles. The molecule has 1 amide bonds. The van der Waals surface area contributed by atoms with Gasteiger partial charge in [0.1, 0.15) is 0 Å². The van der Waals surface area contributed by atoms with E-state index in [1.54, 1.807) is 0 Å². The van der Waals surface area contributed by atoms with Crippen molar-refractivity contribution in [1.29, 1.82) is 0 Å². The zero-order valence-electron chi connectivity index (χ0n) is 10.3. The Bertz CT molecular complexity index is 254. The molecule has 0 aromatic carbocycles. The van der Waals surface area contributed by atoms with Gasteiger partial charge in [-0.05, 0) is 5.92 Å². The van der Waals surface area contributed by atoms with Crippen LogP contribution in [0.5, 0.6) is 0 Å². The maximum atomic E-state index is 12.9. The highest BCUT2D eigenvalue weighted by Crippen LogP contribution is 2.28. The number of likely N-dealkylation sites (tertiary alicyclic amines) is 1. The van der Waals surface area contributed by atoms with E-state index in [0.717, 1.165) is 6.42 Å². The molecule has 102 valence electrons. The van der Waals surface area contributed by atoms with E-state index >= 15 is 0 Å². The number of nitrogens with zero attached hydrogens (tertiary/aromatic N) is 1. The van der Waals surface area contributed by atoms with Gasteiger partial charge in [0, 0.05) is 25.9 Å². The van der Waals surface area contributed by atoms with Gasteiger partial charge in [0.15, 0.2) is 0 Å². The summed E-state index contributed by atoms with van der Waals surface area (Å²) in [6.45, 7) is 4.11. The molecule has 0 aromatic rings. The molecular weight excluding hydrogens is 250 g/mol. The monoisotopic (exact) mass is 270 g/mol. The summed E-state index contributed by atoms with van der Waals surface area (Å²) >= 11 is 0. The highest BCUT2D eigenvalue weighted by atomic mass is 35.5. The summed E-state index contributed by atoms with van der Waals surface area (Å²) < 4.78 is 25.8. The molecule has 1 fully saturated rings. The van der Waals surface area contributed by atoms with E-state index < -0.39 is 12.0 Å². The van der Waals surface area contributed by atoms with E-state index in [0.29, 0.717) is 0 Å². The van der Waals surface area contributed by atoms with Crippen molar-refractivity contribution < 1.29 is 13.6 Å². The van der Waals surface area contributed by atoms with Crippen LogP contribution >= 0.6 is 12.4 Å². The van der Waals surface area contributed by atoms with Crippen LogP contribution in [0, 0.1) is 5.92 Å². The number of hydrogen-bond acceptors (Lipinski definition) is 2. The summed E-state index contributed by atoms with van der Waals surface area (Å²) in [4.78, 5) is 13.3. The molecule has 17 heavy (non-hydrogen) atoms. The van der Waals surface area contributed by atoms with Crippen molar-refractivity contribution in [2.24, 2.45) is 11.7 Å². The van der Waals surface area contributed by atoms with Crippen LogP contribution in [0.3, 0.4) is 0 Å². The first-order valence-electron chi connectivity index (χ1n) is 5.79. The van der Waals surface area contributed by atoms with Crippen LogP contribution in [0.4, 0.5) is 8.78 Å². The average Bonchev–Trinajstić information content (AvgIpc) is 2.26. The summed E-state index contributed by atoms with van der Waals surface area (Å²) in [5.74, 6) is -2.71. The van der Waals surface area contributed by atoms with Gasteiger partial charge in [0.05, 0.1) is 6.04 Å². The van der Waals surface area contributed by atoms with Gasteiger partial charge in [0.25, 0.3) is 5.92 Å². The average molecular weight is 271 g/mol. The Labute approximate surface area is 107 Å².